The molecule has 32 heavy (non-hydrogen) atoms. The molecule has 0 aliphatic carbocycles. The average Bonchev–Trinajstić information content (AvgIpc) is 3.38. The molecule has 0 saturated carbocycles. The largest absolute Gasteiger partial charge is 0.496 e. The molecule has 2 heterocycles. The molecule has 4 N–H and O–H groups in total. The first-order valence-corrected chi connectivity index (χ1v) is 9.70. The van der Waals surface area contributed by atoms with Crippen LogP contribution in [0.15, 0.2) is 46.1 Å². The smallest absolute Gasteiger partial charge is 0.294 e. The number of nitrogens with one attached hydrogen (secondary N) is 2. The summed E-state index contributed by atoms with van der Waals surface area (Å²) in [5.41, 5.74) is 9.61. The van der Waals surface area contributed by atoms with Crippen molar-refractivity contribution < 1.29 is 19.1 Å². The highest BCUT2D eigenvalue weighted by atomic mass is 16.6. The molecular formula is C20H22N9O3+. The van der Waals surface area contributed by atoms with E-state index in [1.54, 1.807) is 13.3 Å². The number of ether oxygens (including phenoxy) is 1. The van der Waals surface area contributed by atoms with E-state index >= 15 is 0 Å². The molecule has 0 fully saturated rings. The maximum atomic E-state index is 12.9. The highest BCUT2D eigenvalue weighted by molar-refractivity contribution is 6.03. The molecular weight excluding hydrogens is 414 g/mol. The molecule has 0 spiro atoms. The normalized spacial score (nSPS) is 11.5. The minimum absolute atomic E-state index is 0.0398. The number of quaternary nitrogens is 1. The summed E-state index contributed by atoms with van der Waals surface area (Å²) in [6.07, 6.45) is 1.54. The summed E-state index contributed by atoms with van der Waals surface area (Å²) in [7, 11) is 5.43. The van der Waals surface area contributed by atoms with Gasteiger partial charge < -0.3 is 15.4 Å². The standard InChI is InChI=1S/C20H21N9O3/c1-28(2)11-15-17(23-27-29(15)19-18(21)25-32-26-19)20(30)24-22-10-14-13-7-5-4-6-12(13)8-9-16(14)31-3/h4-10H,11H2,1-3H3,(H2,21,25)(H,24,30)/p+1/b22-10-. The number of fused-ring (bicyclic) bond motifs is 1. The summed E-state index contributed by atoms with van der Waals surface area (Å²) in [5, 5.41) is 21.4. The van der Waals surface area contributed by atoms with E-state index in [9.17, 15) is 4.79 Å². The van der Waals surface area contributed by atoms with Gasteiger partial charge in [-0.2, -0.15) is 9.78 Å². The van der Waals surface area contributed by atoms with Gasteiger partial charge in [0.15, 0.2) is 5.69 Å². The predicted octanol–water partition coefficient (Wildman–Crippen LogP) is -0.197. The van der Waals surface area contributed by atoms with Crippen LogP contribution in [0.1, 0.15) is 21.7 Å². The Balaban J connectivity index is 1.63. The molecule has 164 valence electrons. The van der Waals surface area contributed by atoms with Gasteiger partial charge in [0.1, 0.15) is 18.0 Å². The third-order valence-corrected chi connectivity index (χ3v) is 4.71. The van der Waals surface area contributed by atoms with Gasteiger partial charge >= 0.3 is 0 Å². The van der Waals surface area contributed by atoms with Gasteiger partial charge in [-0.05, 0) is 27.2 Å². The zero-order chi connectivity index (χ0) is 22.7. The van der Waals surface area contributed by atoms with E-state index in [-0.39, 0.29) is 17.3 Å². The van der Waals surface area contributed by atoms with Crippen molar-refractivity contribution in [1.82, 2.24) is 30.7 Å². The van der Waals surface area contributed by atoms with Gasteiger partial charge in [0.05, 0.1) is 27.4 Å². The fourth-order valence-corrected chi connectivity index (χ4v) is 3.27. The van der Waals surface area contributed by atoms with E-state index in [0.29, 0.717) is 18.0 Å². The lowest BCUT2D eigenvalue weighted by Crippen LogP contribution is -3.04. The van der Waals surface area contributed by atoms with Crippen LogP contribution < -0.4 is 20.8 Å². The van der Waals surface area contributed by atoms with Crippen LogP contribution in [-0.4, -0.2) is 58.6 Å². The molecule has 12 nitrogen and oxygen atoms in total. The van der Waals surface area contributed by atoms with Crippen LogP contribution >= 0.6 is 0 Å². The van der Waals surface area contributed by atoms with Gasteiger partial charge in [0.2, 0.25) is 11.6 Å². The van der Waals surface area contributed by atoms with E-state index < -0.39 is 5.91 Å². The number of anilines is 1. The lowest BCUT2D eigenvalue weighted by molar-refractivity contribution is -0.873. The Labute approximate surface area is 182 Å². The molecule has 0 radical (unpaired) electrons. The minimum atomic E-state index is -0.530. The molecule has 4 rings (SSSR count). The molecule has 0 unspecified atom stereocenters. The summed E-state index contributed by atoms with van der Waals surface area (Å²) in [5.74, 6) is 0.311. The number of nitrogens with zero attached hydrogens (tertiary/aromatic N) is 6. The van der Waals surface area contributed by atoms with Crippen molar-refractivity contribution in [3.05, 3.63) is 53.3 Å². The fourth-order valence-electron chi connectivity index (χ4n) is 3.27. The third-order valence-electron chi connectivity index (χ3n) is 4.71. The number of nitrogen functional groups attached to an aromatic ring is 1. The fraction of sp³-hybridized carbons (Fsp3) is 0.200. The Morgan fingerprint density at radius 1 is 1.28 bits per heavy atom. The number of methoxy groups -OCH3 is 1. The molecule has 1 amide bonds. The third kappa shape index (κ3) is 3.98. The quantitative estimate of drug-likeness (QED) is 0.266. The van der Waals surface area contributed by atoms with E-state index in [1.807, 2.05) is 50.5 Å². The van der Waals surface area contributed by atoms with Crippen LogP contribution in [0.25, 0.3) is 16.6 Å². The monoisotopic (exact) mass is 436 g/mol. The lowest BCUT2D eigenvalue weighted by Gasteiger charge is -2.09. The van der Waals surface area contributed by atoms with E-state index in [0.717, 1.165) is 21.2 Å². The topological polar surface area (TPSA) is 151 Å². The van der Waals surface area contributed by atoms with Crippen LogP contribution in [0.4, 0.5) is 5.82 Å². The Bertz CT molecular complexity index is 1290. The molecule has 2 aromatic heterocycles. The average molecular weight is 436 g/mol. The number of hydrogen-bond acceptors (Lipinski definition) is 9. The molecule has 0 atom stereocenters. The number of nitrogens with two attached hydrogens (primary N) is 1. The Kier molecular flexibility index (Phi) is 5.77. The predicted molar refractivity (Wildman–Crippen MR) is 116 cm³/mol. The maximum Gasteiger partial charge on any atom is 0.294 e. The first kappa shape index (κ1) is 20.9. The number of aromatic nitrogens is 5. The number of amides is 1. The van der Waals surface area contributed by atoms with Crippen LogP contribution in [0.2, 0.25) is 0 Å². The minimum Gasteiger partial charge on any atom is -0.496 e. The molecule has 0 aliphatic heterocycles. The molecule has 0 saturated heterocycles. The second-order valence-electron chi connectivity index (χ2n) is 7.26. The molecule has 12 heteroatoms. The summed E-state index contributed by atoms with van der Waals surface area (Å²) >= 11 is 0. The number of hydrogen-bond donors (Lipinski definition) is 3. The molecule has 0 bridgehead atoms. The van der Waals surface area contributed by atoms with Crippen LogP contribution in [0, 0.1) is 0 Å². The Hall–Kier alpha value is -4.32. The van der Waals surface area contributed by atoms with Crippen LogP contribution in [0.5, 0.6) is 5.75 Å². The van der Waals surface area contributed by atoms with Crippen molar-refractivity contribution >= 4 is 28.7 Å². The molecule has 4 aromatic rings. The second-order valence-corrected chi connectivity index (χ2v) is 7.26. The van der Waals surface area contributed by atoms with Gasteiger partial charge in [0.25, 0.3) is 5.91 Å². The number of benzene rings is 2. The first-order chi connectivity index (χ1) is 15.5. The van der Waals surface area contributed by atoms with Crippen molar-refractivity contribution in [3.63, 3.8) is 0 Å². The zero-order valence-corrected chi connectivity index (χ0v) is 17.7. The lowest BCUT2D eigenvalue weighted by atomic mass is 10.0. The van der Waals surface area contributed by atoms with Gasteiger partial charge in [-0.3, -0.25) is 4.79 Å². The molecule has 2 aromatic carbocycles. The summed E-state index contributed by atoms with van der Waals surface area (Å²) in [6.45, 7) is 0.420. The number of hydrazone groups is 1. The number of rotatable bonds is 7. The summed E-state index contributed by atoms with van der Waals surface area (Å²) in [4.78, 5) is 13.9. The number of carbonyl (C=O) groups is 1. The van der Waals surface area contributed by atoms with E-state index in [1.165, 1.54) is 4.68 Å². The summed E-state index contributed by atoms with van der Waals surface area (Å²) < 4.78 is 11.4. The van der Waals surface area contributed by atoms with Crippen molar-refractivity contribution in [3.8, 4) is 11.6 Å². The van der Waals surface area contributed by atoms with Crippen LogP contribution in [0.3, 0.4) is 0 Å². The second kappa shape index (κ2) is 8.81. The molecule has 0 aliphatic rings. The Morgan fingerprint density at radius 3 is 2.81 bits per heavy atom. The Morgan fingerprint density at radius 2 is 2.09 bits per heavy atom. The van der Waals surface area contributed by atoms with Gasteiger partial charge in [-0.1, -0.05) is 35.5 Å². The maximum absolute atomic E-state index is 12.9. The first-order valence-electron chi connectivity index (χ1n) is 9.70. The van der Waals surface area contributed by atoms with Crippen LogP contribution in [-0.2, 0) is 6.54 Å². The van der Waals surface area contributed by atoms with Gasteiger partial charge in [-0.25, -0.2) is 10.1 Å². The van der Waals surface area contributed by atoms with Crippen molar-refractivity contribution in [2.24, 2.45) is 5.10 Å². The van der Waals surface area contributed by atoms with Crippen molar-refractivity contribution in [2.75, 3.05) is 26.9 Å². The van der Waals surface area contributed by atoms with Crippen molar-refractivity contribution in [2.45, 2.75) is 6.54 Å². The SMILES string of the molecule is COc1ccc2ccccc2c1/C=N\NC(=O)c1nnn(-c2nonc2N)c1C[NH+](C)C. The highest BCUT2D eigenvalue weighted by Gasteiger charge is 2.25. The van der Waals surface area contributed by atoms with Crippen molar-refractivity contribution in [1.29, 1.82) is 0 Å². The summed E-state index contributed by atoms with van der Waals surface area (Å²) in [6, 6.07) is 11.6. The zero-order valence-electron chi connectivity index (χ0n) is 17.7. The highest BCUT2D eigenvalue weighted by Crippen LogP contribution is 2.26. The van der Waals surface area contributed by atoms with E-state index in [2.05, 4.69) is 35.8 Å². The van der Waals surface area contributed by atoms with Gasteiger partial charge in [-0.15, -0.1) is 5.10 Å². The number of carbonyl (C=O) groups excluding carboxylic acids is 1. The van der Waals surface area contributed by atoms with E-state index in [4.69, 9.17) is 10.5 Å². The van der Waals surface area contributed by atoms with Gasteiger partial charge in [0, 0.05) is 5.56 Å².